The summed E-state index contributed by atoms with van der Waals surface area (Å²) in [6.45, 7) is 4.70. The molecule has 2 heterocycles. The number of carbonyl (C=O) groups is 2. The lowest BCUT2D eigenvalue weighted by atomic mass is 10.2. The number of amides is 1. The number of ether oxygens (including phenoxy) is 1. The van der Waals surface area contributed by atoms with Crippen LogP contribution in [0, 0.1) is 0 Å². The molecule has 0 radical (unpaired) electrons. The predicted molar refractivity (Wildman–Crippen MR) is 68.0 cm³/mol. The second-order valence-electron chi connectivity index (χ2n) is 4.88. The zero-order valence-corrected chi connectivity index (χ0v) is 11.1. The van der Waals surface area contributed by atoms with Crippen molar-refractivity contribution in [3.8, 4) is 0 Å². The molecule has 2 rings (SSSR count). The molecule has 1 amide bonds. The number of carbonyl (C=O) groups excluding carboxylic acids is 1. The van der Waals surface area contributed by atoms with Crippen LogP contribution in [0.25, 0.3) is 0 Å². The van der Waals surface area contributed by atoms with Crippen molar-refractivity contribution < 1.29 is 19.4 Å². The van der Waals surface area contributed by atoms with Gasteiger partial charge in [-0.25, -0.2) is 0 Å². The lowest BCUT2D eigenvalue weighted by Gasteiger charge is -2.35. The Labute approximate surface area is 111 Å². The summed E-state index contributed by atoms with van der Waals surface area (Å²) in [4.78, 5) is 24.9. The maximum absolute atomic E-state index is 12.4. The molecule has 0 aromatic carbocycles. The molecule has 1 aliphatic heterocycles. The van der Waals surface area contributed by atoms with Gasteiger partial charge < -0.3 is 19.3 Å². The van der Waals surface area contributed by atoms with Crippen LogP contribution < -0.4 is 0 Å². The fourth-order valence-corrected chi connectivity index (χ4v) is 2.40. The van der Waals surface area contributed by atoms with Gasteiger partial charge in [0.25, 0.3) is 5.91 Å². The first-order valence-electron chi connectivity index (χ1n) is 6.29. The lowest BCUT2D eigenvalue weighted by molar-refractivity contribution is -0.137. The van der Waals surface area contributed by atoms with Crippen LogP contribution in [0.3, 0.4) is 0 Å². The van der Waals surface area contributed by atoms with Crippen molar-refractivity contribution in [2.75, 3.05) is 13.1 Å². The summed E-state index contributed by atoms with van der Waals surface area (Å²) in [6.07, 6.45) is 1.60. The van der Waals surface area contributed by atoms with E-state index < -0.39 is 5.97 Å². The molecule has 0 bridgehead atoms. The van der Waals surface area contributed by atoms with E-state index in [-0.39, 0.29) is 24.7 Å². The van der Waals surface area contributed by atoms with Gasteiger partial charge in [0.1, 0.15) is 12.2 Å². The number of hydrogen-bond acceptors (Lipinski definition) is 3. The van der Waals surface area contributed by atoms with E-state index in [1.54, 1.807) is 23.2 Å². The third kappa shape index (κ3) is 3.14. The predicted octanol–water partition coefficient (Wildman–Crippen LogP) is 0.822. The highest BCUT2D eigenvalue weighted by molar-refractivity contribution is 5.93. The van der Waals surface area contributed by atoms with Gasteiger partial charge in [0.15, 0.2) is 0 Å². The van der Waals surface area contributed by atoms with Crippen molar-refractivity contribution in [1.82, 2.24) is 9.47 Å². The molecular formula is C13H18N2O4. The van der Waals surface area contributed by atoms with Crippen LogP contribution in [0.2, 0.25) is 0 Å². The largest absolute Gasteiger partial charge is 0.480 e. The number of nitrogens with zero attached hydrogens (tertiary/aromatic N) is 2. The van der Waals surface area contributed by atoms with E-state index in [0.717, 1.165) is 0 Å². The van der Waals surface area contributed by atoms with Gasteiger partial charge in [-0.2, -0.15) is 0 Å². The van der Waals surface area contributed by atoms with Crippen LogP contribution in [0.15, 0.2) is 18.3 Å². The minimum absolute atomic E-state index is 0.00409. The third-order valence-electron chi connectivity index (χ3n) is 3.06. The number of aliphatic carboxylic acids is 1. The van der Waals surface area contributed by atoms with Gasteiger partial charge in [0, 0.05) is 19.3 Å². The molecule has 1 aromatic heterocycles. The van der Waals surface area contributed by atoms with Crippen LogP contribution in [0.4, 0.5) is 0 Å². The fraction of sp³-hybridized carbons (Fsp3) is 0.538. The Hall–Kier alpha value is -1.82. The van der Waals surface area contributed by atoms with Crippen molar-refractivity contribution >= 4 is 11.9 Å². The van der Waals surface area contributed by atoms with E-state index in [1.165, 1.54) is 4.57 Å². The molecule has 2 atom stereocenters. The van der Waals surface area contributed by atoms with E-state index in [1.807, 2.05) is 13.8 Å². The highest BCUT2D eigenvalue weighted by atomic mass is 16.5. The maximum atomic E-state index is 12.4. The SMILES string of the molecule is CC1CN(C(=O)c2cccn2CC(=O)O)CC(C)O1. The second kappa shape index (κ2) is 5.44. The van der Waals surface area contributed by atoms with Gasteiger partial charge in [-0.3, -0.25) is 9.59 Å². The summed E-state index contributed by atoms with van der Waals surface area (Å²) >= 11 is 0. The van der Waals surface area contributed by atoms with E-state index in [0.29, 0.717) is 18.8 Å². The lowest BCUT2D eigenvalue weighted by Crippen LogP contribution is -2.48. The number of carboxylic acids is 1. The van der Waals surface area contributed by atoms with Crippen molar-refractivity contribution in [3.05, 3.63) is 24.0 Å². The van der Waals surface area contributed by atoms with Crippen LogP contribution in [0.5, 0.6) is 0 Å². The normalized spacial score (nSPS) is 23.4. The zero-order valence-electron chi connectivity index (χ0n) is 11.1. The molecular weight excluding hydrogens is 248 g/mol. The maximum Gasteiger partial charge on any atom is 0.323 e. The summed E-state index contributed by atoms with van der Waals surface area (Å²) in [7, 11) is 0. The van der Waals surface area contributed by atoms with E-state index in [2.05, 4.69) is 0 Å². The quantitative estimate of drug-likeness (QED) is 0.879. The van der Waals surface area contributed by atoms with Crippen LogP contribution >= 0.6 is 0 Å². The Morgan fingerprint density at radius 1 is 1.37 bits per heavy atom. The number of rotatable bonds is 3. The molecule has 2 unspecified atom stereocenters. The van der Waals surface area contributed by atoms with Gasteiger partial charge in [0.2, 0.25) is 0 Å². The monoisotopic (exact) mass is 266 g/mol. The Bertz CT molecular complexity index is 473. The first-order chi connectivity index (χ1) is 8.97. The molecule has 1 fully saturated rings. The average molecular weight is 266 g/mol. The Kier molecular flexibility index (Phi) is 3.90. The molecule has 19 heavy (non-hydrogen) atoms. The summed E-state index contributed by atoms with van der Waals surface area (Å²) in [6, 6.07) is 3.33. The van der Waals surface area contributed by atoms with E-state index in [9.17, 15) is 9.59 Å². The highest BCUT2D eigenvalue weighted by Crippen LogP contribution is 2.15. The first-order valence-corrected chi connectivity index (χ1v) is 6.29. The molecule has 1 aliphatic rings. The highest BCUT2D eigenvalue weighted by Gasteiger charge is 2.28. The molecule has 6 heteroatoms. The van der Waals surface area contributed by atoms with Crippen LogP contribution in [0.1, 0.15) is 24.3 Å². The van der Waals surface area contributed by atoms with Gasteiger partial charge in [-0.15, -0.1) is 0 Å². The van der Waals surface area contributed by atoms with Gasteiger partial charge >= 0.3 is 5.97 Å². The third-order valence-corrected chi connectivity index (χ3v) is 3.06. The Morgan fingerprint density at radius 2 is 2.00 bits per heavy atom. The van der Waals surface area contributed by atoms with E-state index >= 15 is 0 Å². The zero-order chi connectivity index (χ0) is 14.0. The van der Waals surface area contributed by atoms with Crippen molar-refractivity contribution in [2.45, 2.75) is 32.6 Å². The molecule has 0 aliphatic carbocycles. The minimum Gasteiger partial charge on any atom is -0.480 e. The molecule has 1 saturated heterocycles. The van der Waals surface area contributed by atoms with Crippen molar-refractivity contribution in [3.63, 3.8) is 0 Å². The first kappa shape index (κ1) is 13.6. The average Bonchev–Trinajstić information content (AvgIpc) is 2.73. The summed E-state index contributed by atoms with van der Waals surface area (Å²) < 4.78 is 7.04. The standard InChI is InChI=1S/C13H18N2O4/c1-9-6-15(7-10(2)19-9)13(18)11-4-3-5-14(11)8-12(16)17/h3-5,9-10H,6-8H2,1-2H3,(H,16,17). The minimum atomic E-state index is -0.964. The number of carboxylic acid groups (broad SMARTS) is 1. The molecule has 1 N–H and O–H groups in total. The fourth-order valence-electron chi connectivity index (χ4n) is 2.40. The van der Waals surface area contributed by atoms with Crippen molar-refractivity contribution in [2.24, 2.45) is 0 Å². The number of morpholine rings is 1. The van der Waals surface area contributed by atoms with Crippen LogP contribution in [-0.2, 0) is 16.1 Å². The number of hydrogen-bond donors (Lipinski definition) is 1. The van der Waals surface area contributed by atoms with E-state index in [4.69, 9.17) is 9.84 Å². The molecule has 0 spiro atoms. The van der Waals surface area contributed by atoms with Gasteiger partial charge in [-0.05, 0) is 26.0 Å². The molecule has 0 saturated carbocycles. The van der Waals surface area contributed by atoms with Crippen LogP contribution in [-0.4, -0.2) is 51.7 Å². The van der Waals surface area contributed by atoms with Crippen molar-refractivity contribution in [1.29, 1.82) is 0 Å². The second-order valence-corrected chi connectivity index (χ2v) is 4.88. The summed E-state index contributed by atoms with van der Waals surface area (Å²) in [5.41, 5.74) is 0.406. The molecule has 1 aromatic rings. The Balaban J connectivity index is 2.15. The van der Waals surface area contributed by atoms with Gasteiger partial charge in [-0.1, -0.05) is 0 Å². The summed E-state index contributed by atoms with van der Waals surface area (Å²) in [5, 5.41) is 8.82. The molecule has 6 nitrogen and oxygen atoms in total. The summed E-state index contributed by atoms with van der Waals surface area (Å²) in [5.74, 6) is -1.11. The molecule has 104 valence electrons. The Morgan fingerprint density at radius 3 is 2.58 bits per heavy atom. The smallest absolute Gasteiger partial charge is 0.323 e. The number of aromatic nitrogens is 1. The van der Waals surface area contributed by atoms with Gasteiger partial charge in [0.05, 0.1) is 12.2 Å². The topological polar surface area (TPSA) is 71.8 Å².